The third kappa shape index (κ3) is 4.10. The Labute approximate surface area is 239 Å². The van der Waals surface area contributed by atoms with Gasteiger partial charge in [-0.1, -0.05) is 84.5 Å². The summed E-state index contributed by atoms with van der Waals surface area (Å²) in [6, 6.07) is 32.6. The van der Waals surface area contributed by atoms with E-state index in [2.05, 4.69) is 121 Å². The van der Waals surface area contributed by atoms with Gasteiger partial charge in [0.15, 0.2) is 0 Å². The second kappa shape index (κ2) is 9.67. The number of benzene rings is 4. The van der Waals surface area contributed by atoms with Gasteiger partial charge in [-0.3, -0.25) is 0 Å². The first-order valence-corrected chi connectivity index (χ1v) is 14.6. The maximum absolute atomic E-state index is 6.12. The van der Waals surface area contributed by atoms with Gasteiger partial charge in [0.25, 0.3) is 0 Å². The third-order valence-corrected chi connectivity index (χ3v) is 8.64. The highest BCUT2D eigenvalue weighted by molar-refractivity contribution is 6.07. The zero-order valence-electron chi connectivity index (χ0n) is 23.2. The maximum atomic E-state index is 6.12. The molecule has 2 nitrogen and oxygen atoms in total. The Hall–Kier alpha value is -4.82. The van der Waals surface area contributed by atoms with Crippen molar-refractivity contribution < 1.29 is 4.42 Å². The van der Waals surface area contributed by atoms with Crippen molar-refractivity contribution in [2.45, 2.75) is 32.6 Å². The van der Waals surface area contributed by atoms with Crippen LogP contribution in [0.2, 0.25) is 0 Å². The van der Waals surface area contributed by atoms with Crippen molar-refractivity contribution in [1.29, 1.82) is 0 Å². The zero-order chi connectivity index (χ0) is 27.3. The molecule has 0 spiro atoms. The Bertz CT molecular complexity index is 2200. The minimum atomic E-state index is 0.940. The fourth-order valence-electron chi connectivity index (χ4n) is 6.60. The molecule has 0 N–H and O–H groups in total. The summed E-state index contributed by atoms with van der Waals surface area (Å²) in [7, 11) is 0. The number of aryl methyl sites for hydroxylation is 1. The molecule has 2 heterocycles. The van der Waals surface area contributed by atoms with Crippen LogP contribution < -0.4 is 10.6 Å². The molecule has 2 aliphatic carbocycles. The predicted molar refractivity (Wildman–Crippen MR) is 174 cm³/mol. The molecule has 41 heavy (non-hydrogen) atoms. The SMILES string of the molecule is Cc1ccc2c(c1)c1/c(n2C2=CC=C(c3ccccc3)CC2)=C/CCC=C(c2ccc3oc4ccccc4c3c2)\C=1. The summed E-state index contributed by atoms with van der Waals surface area (Å²) in [5, 5.41) is 6.29. The number of allylic oxidation sites excluding steroid dienone is 6. The van der Waals surface area contributed by atoms with E-state index in [0.29, 0.717) is 0 Å². The van der Waals surface area contributed by atoms with Gasteiger partial charge < -0.3 is 8.98 Å². The smallest absolute Gasteiger partial charge is 0.135 e. The highest BCUT2D eigenvalue weighted by Crippen LogP contribution is 2.33. The van der Waals surface area contributed by atoms with Gasteiger partial charge in [0, 0.05) is 32.4 Å². The summed E-state index contributed by atoms with van der Waals surface area (Å²) in [5.74, 6) is 0. The summed E-state index contributed by atoms with van der Waals surface area (Å²) in [6.07, 6.45) is 16.0. The number of fused-ring (bicyclic) bond motifs is 6. The molecule has 0 fully saturated rings. The molecule has 0 atom stereocenters. The van der Waals surface area contributed by atoms with Crippen LogP contribution in [0.3, 0.4) is 0 Å². The van der Waals surface area contributed by atoms with E-state index in [9.17, 15) is 0 Å². The molecule has 6 aromatic rings. The monoisotopic (exact) mass is 529 g/mol. The van der Waals surface area contributed by atoms with Crippen LogP contribution in [0.4, 0.5) is 0 Å². The number of rotatable bonds is 3. The fourth-order valence-corrected chi connectivity index (χ4v) is 6.60. The van der Waals surface area contributed by atoms with Crippen LogP contribution >= 0.6 is 0 Å². The van der Waals surface area contributed by atoms with Crippen LogP contribution in [0.15, 0.2) is 114 Å². The number of hydrogen-bond donors (Lipinski definition) is 0. The van der Waals surface area contributed by atoms with Gasteiger partial charge >= 0.3 is 0 Å². The Morgan fingerprint density at radius 1 is 0.659 bits per heavy atom. The minimum Gasteiger partial charge on any atom is -0.456 e. The molecule has 2 aromatic heterocycles. The zero-order valence-corrected chi connectivity index (χ0v) is 23.2. The van der Waals surface area contributed by atoms with Crippen LogP contribution in [0.25, 0.3) is 61.8 Å². The first kappa shape index (κ1) is 24.0. The minimum absolute atomic E-state index is 0.940. The molecular weight excluding hydrogens is 498 g/mol. The van der Waals surface area contributed by atoms with Crippen LogP contribution in [-0.2, 0) is 0 Å². The van der Waals surface area contributed by atoms with Crippen LogP contribution in [0.5, 0.6) is 0 Å². The molecule has 0 amide bonds. The number of furan rings is 1. The molecule has 2 aliphatic rings. The first-order valence-electron chi connectivity index (χ1n) is 14.6. The standard InChI is InChI=1S/C39H31NO/c1-26-15-21-37-33(23-26)34-24-29(30-18-22-39-35(25-30)32-12-6-8-14-38(32)41-39)11-5-7-13-36(34)40(37)31-19-16-28(17-20-31)27-9-3-2-4-10-27/h2-4,6,8-16,18-19,21-25H,5,7,17,20H2,1H3/b29-11?,34-24-,36-13-. The molecule has 0 saturated carbocycles. The normalized spacial score (nSPS) is 17.0. The summed E-state index contributed by atoms with van der Waals surface area (Å²) < 4.78 is 8.65. The number of aromatic nitrogens is 1. The quantitative estimate of drug-likeness (QED) is 0.224. The van der Waals surface area contributed by atoms with E-state index in [1.165, 1.54) is 65.8 Å². The molecular formula is C39H31NO. The highest BCUT2D eigenvalue weighted by Gasteiger charge is 2.17. The summed E-state index contributed by atoms with van der Waals surface area (Å²) in [5.41, 5.74) is 11.1. The molecule has 0 unspecified atom stereocenters. The molecule has 198 valence electrons. The van der Waals surface area contributed by atoms with Gasteiger partial charge in [-0.05, 0) is 97.4 Å². The summed E-state index contributed by atoms with van der Waals surface area (Å²) in [6.45, 7) is 2.19. The van der Waals surface area contributed by atoms with Crippen molar-refractivity contribution in [2.75, 3.05) is 0 Å². The van der Waals surface area contributed by atoms with E-state index in [-0.39, 0.29) is 0 Å². The lowest BCUT2D eigenvalue weighted by Crippen LogP contribution is -2.29. The van der Waals surface area contributed by atoms with Gasteiger partial charge in [0.2, 0.25) is 0 Å². The maximum Gasteiger partial charge on any atom is 0.135 e. The van der Waals surface area contributed by atoms with Crippen molar-refractivity contribution >= 4 is 61.8 Å². The van der Waals surface area contributed by atoms with Crippen molar-refractivity contribution in [3.63, 3.8) is 0 Å². The van der Waals surface area contributed by atoms with Crippen LogP contribution in [-0.4, -0.2) is 4.57 Å². The molecule has 0 aliphatic heterocycles. The van der Waals surface area contributed by atoms with E-state index in [0.717, 1.165) is 36.8 Å². The number of para-hydroxylation sites is 1. The average Bonchev–Trinajstić information content (AvgIpc) is 3.51. The summed E-state index contributed by atoms with van der Waals surface area (Å²) in [4.78, 5) is 0. The third-order valence-electron chi connectivity index (χ3n) is 8.64. The van der Waals surface area contributed by atoms with Gasteiger partial charge in [-0.25, -0.2) is 0 Å². The van der Waals surface area contributed by atoms with Crippen molar-refractivity contribution in [3.8, 4) is 0 Å². The predicted octanol–water partition coefficient (Wildman–Crippen LogP) is 9.01. The number of hydrogen-bond acceptors (Lipinski definition) is 1. The Kier molecular flexibility index (Phi) is 5.67. The number of nitrogens with zero attached hydrogens (tertiary/aromatic N) is 1. The Balaban J connectivity index is 1.32. The van der Waals surface area contributed by atoms with E-state index in [1.54, 1.807) is 0 Å². The molecule has 0 radical (unpaired) electrons. The topological polar surface area (TPSA) is 18.1 Å². The second-order valence-electron chi connectivity index (χ2n) is 11.3. The van der Waals surface area contributed by atoms with E-state index >= 15 is 0 Å². The van der Waals surface area contributed by atoms with E-state index in [4.69, 9.17) is 4.42 Å². The van der Waals surface area contributed by atoms with Crippen molar-refractivity contribution in [2.24, 2.45) is 0 Å². The van der Waals surface area contributed by atoms with Gasteiger partial charge in [-0.2, -0.15) is 0 Å². The molecule has 0 bridgehead atoms. The van der Waals surface area contributed by atoms with Crippen LogP contribution in [0, 0.1) is 6.92 Å². The average molecular weight is 530 g/mol. The fraction of sp³-hybridized carbons (Fsp3) is 0.128. The van der Waals surface area contributed by atoms with Crippen molar-refractivity contribution in [1.82, 2.24) is 4.57 Å². The van der Waals surface area contributed by atoms with Gasteiger partial charge in [0.1, 0.15) is 11.2 Å². The highest BCUT2D eigenvalue weighted by atomic mass is 16.3. The molecule has 0 saturated heterocycles. The molecule has 2 heteroatoms. The molecule has 4 aromatic carbocycles. The van der Waals surface area contributed by atoms with Gasteiger partial charge in [-0.15, -0.1) is 0 Å². The Morgan fingerprint density at radius 3 is 2.37 bits per heavy atom. The largest absolute Gasteiger partial charge is 0.456 e. The van der Waals surface area contributed by atoms with Crippen molar-refractivity contribution in [3.05, 3.63) is 136 Å². The first-order chi connectivity index (χ1) is 20.2. The summed E-state index contributed by atoms with van der Waals surface area (Å²) >= 11 is 0. The molecule has 8 rings (SSSR count). The Morgan fingerprint density at radius 2 is 1.49 bits per heavy atom. The van der Waals surface area contributed by atoms with E-state index < -0.39 is 0 Å². The lowest BCUT2D eigenvalue weighted by Gasteiger charge is -2.18. The van der Waals surface area contributed by atoms with Crippen LogP contribution in [0.1, 0.15) is 42.4 Å². The second-order valence-corrected chi connectivity index (χ2v) is 11.3. The van der Waals surface area contributed by atoms with Gasteiger partial charge in [0.05, 0.1) is 5.52 Å². The van der Waals surface area contributed by atoms with E-state index in [1.807, 2.05) is 12.1 Å². The lowest BCUT2D eigenvalue weighted by molar-refractivity contribution is 0.669. The lowest BCUT2D eigenvalue weighted by atomic mass is 9.96.